The molecule has 1 N–H and O–H groups in total. The topological polar surface area (TPSA) is 30.5 Å². The highest BCUT2D eigenvalue weighted by molar-refractivity contribution is 9.10. The molecule has 3 atom stereocenters. The Morgan fingerprint density at radius 2 is 2.00 bits per heavy atom. The van der Waals surface area contributed by atoms with Gasteiger partial charge in [-0.15, -0.1) is 0 Å². The maximum Gasteiger partial charge on any atom is 0.175 e. The van der Waals surface area contributed by atoms with Gasteiger partial charge in [-0.1, -0.05) is 42.0 Å². The molecule has 3 aromatic carbocycles. The van der Waals surface area contributed by atoms with Crippen molar-refractivity contribution in [3.8, 4) is 11.5 Å². The lowest BCUT2D eigenvalue weighted by atomic mass is 9.77. The van der Waals surface area contributed by atoms with Gasteiger partial charge in [0.1, 0.15) is 12.4 Å². The molecule has 0 saturated heterocycles. The number of hydrogen-bond donors (Lipinski definition) is 1. The van der Waals surface area contributed by atoms with Crippen molar-refractivity contribution >= 4 is 33.2 Å². The van der Waals surface area contributed by atoms with Crippen LogP contribution in [-0.2, 0) is 6.61 Å². The molecular weight excluding hydrogens is 493 g/mol. The highest BCUT2D eigenvalue weighted by Gasteiger charge is 2.38. The summed E-state index contributed by atoms with van der Waals surface area (Å²) < 4.78 is 26.5. The third-order valence-electron chi connectivity index (χ3n) is 6.27. The maximum absolute atomic E-state index is 13.9. The van der Waals surface area contributed by atoms with Crippen LogP contribution in [0.2, 0.25) is 5.02 Å². The van der Waals surface area contributed by atoms with Crippen LogP contribution in [0.5, 0.6) is 11.5 Å². The molecule has 0 fully saturated rings. The van der Waals surface area contributed by atoms with Crippen LogP contribution in [0.3, 0.4) is 0 Å². The largest absolute Gasteiger partial charge is 0.493 e. The van der Waals surface area contributed by atoms with Crippen molar-refractivity contribution in [3.05, 3.63) is 98.8 Å². The monoisotopic (exact) mass is 513 g/mol. The number of methoxy groups -OCH3 is 1. The number of hydrogen-bond acceptors (Lipinski definition) is 3. The van der Waals surface area contributed by atoms with Crippen molar-refractivity contribution in [3.63, 3.8) is 0 Å². The lowest BCUT2D eigenvalue weighted by Gasteiger charge is -2.37. The minimum Gasteiger partial charge on any atom is -0.493 e. The van der Waals surface area contributed by atoms with Gasteiger partial charge < -0.3 is 14.8 Å². The van der Waals surface area contributed by atoms with Crippen LogP contribution in [0.15, 0.2) is 71.2 Å². The summed E-state index contributed by atoms with van der Waals surface area (Å²) in [6.45, 7) is 0.337. The number of ether oxygens (including phenoxy) is 2. The number of halogens is 3. The average molecular weight is 515 g/mol. The van der Waals surface area contributed by atoms with Gasteiger partial charge in [-0.25, -0.2) is 4.39 Å². The number of benzene rings is 3. The van der Waals surface area contributed by atoms with Crippen molar-refractivity contribution in [2.24, 2.45) is 5.92 Å². The quantitative estimate of drug-likeness (QED) is 0.355. The summed E-state index contributed by atoms with van der Waals surface area (Å²) >= 11 is 9.95. The van der Waals surface area contributed by atoms with Gasteiger partial charge in [0.15, 0.2) is 11.5 Å². The lowest BCUT2D eigenvalue weighted by molar-refractivity contribution is 0.282. The fourth-order valence-electron chi connectivity index (χ4n) is 4.72. The molecular formula is C26H22BrClFNO2. The van der Waals surface area contributed by atoms with Crippen molar-refractivity contribution in [1.29, 1.82) is 0 Å². The van der Waals surface area contributed by atoms with Crippen LogP contribution in [0.1, 0.15) is 35.1 Å². The van der Waals surface area contributed by atoms with Gasteiger partial charge >= 0.3 is 0 Å². The van der Waals surface area contributed by atoms with Gasteiger partial charge in [-0.3, -0.25) is 0 Å². The molecule has 164 valence electrons. The van der Waals surface area contributed by atoms with Crippen molar-refractivity contribution in [2.75, 3.05) is 12.4 Å². The minimum atomic E-state index is -0.201. The molecule has 5 rings (SSSR count). The molecule has 2 aliphatic rings. The van der Waals surface area contributed by atoms with E-state index < -0.39 is 0 Å². The second-order valence-electron chi connectivity index (χ2n) is 8.12. The molecule has 6 heteroatoms. The van der Waals surface area contributed by atoms with E-state index in [-0.39, 0.29) is 17.8 Å². The summed E-state index contributed by atoms with van der Waals surface area (Å²) in [4.78, 5) is 0. The number of nitrogens with one attached hydrogen (secondary N) is 1. The predicted octanol–water partition coefficient (Wildman–Crippen LogP) is 7.66. The molecule has 3 nitrogen and oxygen atoms in total. The molecule has 32 heavy (non-hydrogen) atoms. The maximum atomic E-state index is 13.9. The highest BCUT2D eigenvalue weighted by Crippen LogP contribution is 2.51. The summed E-state index contributed by atoms with van der Waals surface area (Å²) in [7, 11) is 1.64. The van der Waals surface area contributed by atoms with E-state index in [0.717, 1.165) is 33.3 Å². The zero-order valence-electron chi connectivity index (χ0n) is 17.4. The molecule has 0 amide bonds. The van der Waals surface area contributed by atoms with Crippen LogP contribution in [0.4, 0.5) is 10.1 Å². The van der Waals surface area contributed by atoms with E-state index in [1.54, 1.807) is 13.2 Å². The molecule has 0 spiro atoms. The van der Waals surface area contributed by atoms with Crippen LogP contribution in [0, 0.1) is 11.7 Å². The average Bonchev–Trinajstić information content (AvgIpc) is 3.29. The molecule has 1 aliphatic heterocycles. The predicted molar refractivity (Wildman–Crippen MR) is 129 cm³/mol. The Bertz CT molecular complexity index is 1200. The van der Waals surface area contributed by atoms with E-state index in [1.165, 1.54) is 6.07 Å². The normalized spacial score (nSPS) is 20.9. The second-order valence-corrected chi connectivity index (χ2v) is 9.38. The van der Waals surface area contributed by atoms with Crippen molar-refractivity contribution in [1.82, 2.24) is 0 Å². The fraction of sp³-hybridized carbons (Fsp3) is 0.231. The Hall–Kier alpha value is -2.50. The lowest BCUT2D eigenvalue weighted by Crippen LogP contribution is -2.29. The van der Waals surface area contributed by atoms with Crippen LogP contribution in [0.25, 0.3) is 0 Å². The molecule has 0 unspecified atom stereocenters. The van der Waals surface area contributed by atoms with Crippen molar-refractivity contribution in [2.45, 2.75) is 25.0 Å². The molecule has 0 aromatic heterocycles. The summed E-state index contributed by atoms with van der Waals surface area (Å²) in [5.41, 5.74) is 3.99. The zero-order chi connectivity index (χ0) is 22.2. The van der Waals surface area contributed by atoms with E-state index in [4.69, 9.17) is 21.1 Å². The number of rotatable bonds is 5. The van der Waals surface area contributed by atoms with Gasteiger partial charge in [-0.05, 0) is 75.8 Å². The SMILES string of the molecule is COc1cc([C@@H]2Nc3ccc(F)cc3[C@@H]3C=CC[C@@H]32)cc(Br)c1OCc1ccccc1Cl. The Balaban J connectivity index is 1.46. The molecule has 0 radical (unpaired) electrons. The van der Waals surface area contributed by atoms with E-state index in [9.17, 15) is 4.39 Å². The molecule has 0 bridgehead atoms. The summed E-state index contributed by atoms with van der Waals surface area (Å²) in [6.07, 6.45) is 5.32. The third kappa shape index (κ3) is 3.89. The van der Waals surface area contributed by atoms with Gasteiger partial charge in [0.2, 0.25) is 0 Å². The standard InChI is InChI=1S/C26H22BrClFNO2/c1-31-24-12-16(11-21(27)26(24)32-14-15-5-2-3-8-22(15)28)25-19-7-4-6-18(19)20-13-17(29)9-10-23(20)30-25/h2-6,8-13,18-19,25,30H,7,14H2,1H3/t18-,19+,25+/m1/s1. The molecule has 1 aliphatic carbocycles. The Labute approximate surface area is 200 Å². The van der Waals surface area contributed by atoms with Crippen molar-refractivity contribution < 1.29 is 13.9 Å². The first-order chi connectivity index (χ1) is 15.5. The Kier molecular flexibility index (Phi) is 5.87. The number of allylic oxidation sites excluding steroid dienone is 2. The fourth-order valence-corrected chi connectivity index (χ4v) is 5.48. The van der Waals surface area contributed by atoms with E-state index in [0.29, 0.717) is 29.0 Å². The molecule has 3 aromatic rings. The highest BCUT2D eigenvalue weighted by atomic mass is 79.9. The van der Waals surface area contributed by atoms with Gasteiger partial charge in [0, 0.05) is 22.2 Å². The van der Waals surface area contributed by atoms with Gasteiger partial charge in [0.25, 0.3) is 0 Å². The number of fused-ring (bicyclic) bond motifs is 3. The van der Waals surface area contributed by atoms with E-state index >= 15 is 0 Å². The second kappa shape index (κ2) is 8.80. The van der Waals surface area contributed by atoms with Crippen LogP contribution >= 0.6 is 27.5 Å². The van der Waals surface area contributed by atoms with E-state index in [2.05, 4.69) is 39.5 Å². The third-order valence-corrected chi connectivity index (χ3v) is 7.22. The minimum absolute atomic E-state index is 0.0655. The van der Waals surface area contributed by atoms with Gasteiger partial charge in [0.05, 0.1) is 17.6 Å². The summed E-state index contributed by atoms with van der Waals surface area (Å²) in [5.74, 6) is 1.57. The van der Waals surface area contributed by atoms with Crippen LogP contribution < -0.4 is 14.8 Å². The Morgan fingerprint density at radius 3 is 2.81 bits per heavy atom. The molecule has 1 heterocycles. The number of anilines is 1. The first-order valence-corrected chi connectivity index (χ1v) is 11.7. The van der Waals surface area contributed by atoms with Gasteiger partial charge in [-0.2, -0.15) is 0 Å². The molecule has 0 saturated carbocycles. The first-order valence-electron chi connectivity index (χ1n) is 10.5. The van der Waals surface area contributed by atoms with Crippen LogP contribution in [-0.4, -0.2) is 7.11 Å². The Morgan fingerprint density at radius 1 is 1.16 bits per heavy atom. The smallest absolute Gasteiger partial charge is 0.175 e. The first kappa shape index (κ1) is 21.4. The summed E-state index contributed by atoms with van der Waals surface area (Å²) in [5, 5.41) is 4.30. The van der Waals surface area contributed by atoms with E-state index in [1.807, 2.05) is 36.4 Å². The zero-order valence-corrected chi connectivity index (χ0v) is 19.8. The summed E-state index contributed by atoms with van der Waals surface area (Å²) in [6, 6.07) is 16.8.